The molecule has 0 N–H and O–H groups in total. The fourth-order valence-electron chi connectivity index (χ4n) is 5.31. The lowest BCUT2D eigenvalue weighted by Gasteiger charge is -2.41. The molecule has 0 aromatic heterocycles. The molecule has 2 aromatic carbocycles. The first-order chi connectivity index (χ1) is 18.6. The van der Waals surface area contributed by atoms with Gasteiger partial charge in [0, 0.05) is 44.5 Å². The van der Waals surface area contributed by atoms with E-state index in [2.05, 4.69) is 0 Å². The lowest BCUT2D eigenvalue weighted by molar-refractivity contribution is -0.137. The van der Waals surface area contributed by atoms with Crippen LogP contribution in [-0.4, -0.2) is 68.1 Å². The second kappa shape index (κ2) is 11.2. The number of rotatable bonds is 4. The van der Waals surface area contributed by atoms with Gasteiger partial charge >= 0.3 is 12.3 Å². The molecule has 4 rings (SSSR count). The van der Waals surface area contributed by atoms with Gasteiger partial charge in [0.1, 0.15) is 11.4 Å². The first-order valence-corrected chi connectivity index (χ1v) is 14.7. The number of ether oxygens (including phenoxy) is 1. The summed E-state index contributed by atoms with van der Waals surface area (Å²) in [7, 11) is -3.93. The number of halogens is 4. The van der Waals surface area contributed by atoms with Gasteiger partial charge in [-0.25, -0.2) is 17.6 Å². The zero-order valence-electron chi connectivity index (χ0n) is 23.0. The zero-order chi connectivity index (χ0) is 29.5. The molecule has 12 heteroatoms. The number of carbonyl (C=O) groups excluding carboxylic acids is 1. The number of hydrogen-bond acceptors (Lipinski definition) is 5. The number of piperidine rings is 1. The van der Waals surface area contributed by atoms with Crippen molar-refractivity contribution in [1.82, 2.24) is 9.21 Å². The number of piperazine rings is 1. The van der Waals surface area contributed by atoms with Crippen LogP contribution in [0.15, 0.2) is 47.4 Å². The van der Waals surface area contributed by atoms with E-state index in [1.54, 1.807) is 24.0 Å². The lowest BCUT2D eigenvalue weighted by atomic mass is 9.90. The summed E-state index contributed by atoms with van der Waals surface area (Å²) in [6.07, 6.45) is -3.78. The molecule has 2 aromatic rings. The Kier molecular flexibility index (Phi) is 8.43. The minimum atomic E-state index is -4.74. The van der Waals surface area contributed by atoms with Crippen LogP contribution < -0.4 is 4.90 Å². The number of hydrogen-bond donors (Lipinski definition) is 0. The Morgan fingerprint density at radius 3 is 2.25 bits per heavy atom. The lowest BCUT2D eigenvalue weighted by Crippen LogP contribution is -2.54. The Bertz CT molecular complexity index is 1340. The van der Waals surface area contributed by atoms with Crippen LogP contribution in [-0.2, 0) is 20.9 Å². The minimum Gasteiger partial charge on any atom is -0.444 e. The first-order valence-electron chi connectivity index (χ1n) is 13.3. The van der Waals surface area contributed by atoms with E-state index in [1.807, 2.05) is 26.8 Å². The highest BCUT2D eigenvalue weighted by Crippen LogP contribution is 2.38. The van der Waals surface area contributed by atoms with Gasteiger partial charge in [0.25, 0.3) is 0 Å². The molecule has 0 aliphatic carbocycles. The van der Waals surface area contributed by atoms with Crippen LogP contribution in [0.3, 0.4) is 0 Å². The fraction of sp³-hybridized carbons (Fsp3) is 0.536. The van der Waals surface area contributed by atoms with Crippen molar-refractivity contribution in [2.75, 3.05) is 37.6 Å². The Morgan fingerprint density at radius 2 is 1.65 bits per heavy atom. The average molecular weight is 586 g/mol. The predicted octanol–water partition coefficient (Wildman–Crippen LogP) is 5.86. The van der Waals surface area contributed by atoms with Crippen LogP contribution in [0.1, 0.15) is 57.6 Å². The summed E-state index contributed by atoms with van der Waals surface area (Å²) < 4.78 is 88.3. The van der Waals surface area contributed by atoms with Gasteiger partial charge in [-0.05, 0) is 82.3 Å². The van der Waals surface area contributed by atoms with E-state index in [9.17, 15) is 30.8 Å². The van der Waals surface area contributed by atoms with Gasteiger partial charge in [-0.1, -0.05) is 12.1 Å². The second-order valence-corrected chi connectivity index (χ2v) is 13.3. The molecule has 2 fully saturated rings. The molecule has 2 heterocycles. The zero-order valence-corrected chi connectivity index (χ0v) is 23.9. The van der Waals surface area contributed by atoms with Crippen molar-refractivity contribution < 1.29 is 35.5 Å². The minimum absolute atomic E-state index is 0.0172. The Hall–Kier alpha value is -2.86. The Morgan fingerprint density at radius 1 is 0.975 bits per heavy atom. The quantitative estimate of drug-likeness (QED) is 0.421. The van der Waals surface area contributed by atoms with Gasteiger partial charge in [-0.3, -0.25) is 0 Å². The fourth-order valence-corrected chi connectivity index (χ4v) is 6.98. The van der Waals surface area contributed by atoms with Crippen molar-refractivity contribution in [2.45, 2.75) is 69.2 Å². The highest BCUT2D eigenvalue weighted by Gasteiger charge is 2.39. The molecule has 7 nitrogen and oxygen atoms in total. The monoisotopic (exact) mass is 585 g/mol. The normalized spacial score (nSPS) is 20.1. The highest BCUT2D eigenvalue weighted by atomic mass is 32.2. The molecule has 1 amide bonds. The maximum atomic E-state index is 13.6. The topological polar surface area (TPSA) is 70.2 Å². The summed E-state index contributed by atoms with van der Waals surface area (Å²) in [5, 5.41) is 0. The molecule has 2 aliphatic rings. The molecule has 220 valence electrons. The van der Waals surface area contributed by atoms with E-state index in [0.29, 0.717) is 32.0 Å². The Labute approximate surface area is 232 Å². The first kappa shape index (κ1) is 30.1. The van der Waals surface area contributed by atoms with Crippen molar-refractivity contribution >= 4 is 21.8 Å². The number of alkyl halides is 3. The van der Waals surface area contributed by atoms with E-state index in [-0.39, 0.29) is 42.2 Å². The maximum Gasteiger partial charge on any atom is 0.418 e. The number of nitrogens with zero attached hydrogens (tertiary/aromatic N) is 3. The maximum absolute atomic E-state index is 13.6. The third-order valence-electron chi connectivity index (χ3n) is 7.25. The summed E-state index contributed by atoms with van der Waals surface area (Å²) in [6, 6.07) is 8.66. The molecule has 0 unspecified atom stereocenters. The van der Waals surface area contributed by atoms with E-state index in [1.165, 1.54) is 15.3 Å². The molecule has 0 radical (unpaired) electrons. The molecule has 0 bridgehead atoms. The average Bonchev–Trinajstić information content (AvgIpc) is 2.87. The molecule has 40 heavy (non-hydrogen) atoms. The van der Waals surface area contributed by atoms with Gasteiger partial charge in [-0.2, -0.15) is 17.5 Å². The molecule has 0 saturated carbocycles. The van der Waals surface area contributed by atoms with Gasteiger partial charge in [0.15, 0.2) is 0 Å². The van der Waals surface area contributed by atoms with Crippen molar-refractivity contribution in [3.63, 3.8) is 0 Å². The van der Waals surface area contributed by atoms with E-state index >= 15 is 0 Å². The van der Waals surface area contributed by atoms with Crippen molar-refractivity contribution in [2.24, 2.45) is 0 Å². The number of carbonyl (C=O) groups is 1. The summed E-state index contributed by atoms with van der Waals surface area (Å²) >= 11 is 0. The Balaban J connectivity index is 1.45. The summed E-state index contributed by atoms with van der Waals surface area (Å²) in [4.78, 5) is 15.6. The molecule has 0 spiro atoms. The van der Waals surface area contributed by atoms with Crippen LogP contribution in [0.2, 0.25) is 0 Å². The SMILES string of the molecule is C[C@@H]1CN(c2ccc(F)cc2C(F)(F)F)CCN1S(=O)(=O)c1cccc(C2CCN(C(=O)OC(C)(C)C)CC2)c1. The van der Waals surface area contributed by atoms with E-state index in [0.717, 1.165) is 17.7 Å². The summed E-state index contributed by atoms with van der Waals surface area (Å²) in [6.45, 7) is 8.12. The van der Waals surface area contributed by atoms with Crippen molar-refractivity contribution in [3.8, 4) is 0 Å². The number of anilines is 1. The third-order valence-corrected chi connectivity index (χ3v) is 9.26. The molecular weight excluding hydrogens is 550 g/mol. The standard InChI is InChI=1S/C28H35F4N3O4S/c1-19-18-34(25-9-8-22(29)17-24(25)28(30,31)32)14-15-35(19)40(37,38)23-7-5-6-21(16-23)20-10-12-33(13-11-20)26(36)39-27(2,3)4/h5-9,16-17,19-20H,10-15,18H2,1-4H3/t19-/m1/s1. The van der Waals surface area contributed by atoms with Crippen LogP contribution in [0, 0.1) is 5.82 Å². The van der Waals surface area contributed by atoms with Crippen molar-refractivity contribution in [1.29, 1.82) is 0 Å². The van der Waals surface area contributed by atoms with Crippen LogP contribution >= 0.6 is 0 Å². The van der Waals surface area contributed by atoms with E-state index < -0.39 is 39.2 Å². The summed E-state index contributed by atoms with van der Waals surface area (Å²) in [5.41, 5.74) is -0.977. The number of sulfonamides is 1. The van der Waals surface area contributed by atoms with Crippen LogP contribution in [0.25, 0.3) is 0 Å². The predicted molar refractivity (Wildman–Crippen MR) is 143 cm³/mol. The number of amides is 1. The van der Waals surface area contributed by atoms with Gasteiger partial charge in [0.2, 0.25) is 10.0 Å². The van der Waals surface area contributed by atoms with Gasteiger partial charge in [-0.15, -0.1) is 0 Å². The van der Waals surface area contributed by atoms with E-state index in [4.69, 9.17) is 4.74 Å². The smallest absolute Gasteiger partial charge is 0.418 e. The van der Waals surface area contributed by atoms with Crippen LogP contribution in [0.5, 0.6) is 0 Å². The largest absolute Gasteiger partial charge is 0.444 e. The van der Waals surface area contributed by atoms with Crippen molar-refractivity contribution in [3.05, 3.63) is 59.4 Å². The van der Waals surface area contributed by atoms with Gasteiger partial charge < -0.3 is 14.5 Å². The molecule has 2 saturated heterocycles. The summed E-state index contributed by atoms with van der Waals surface area (Å²) in [5.74, 6) is -0.914. The molecular formula is C28H35F4N3O4S. The number of benzene rings is 2. The highest BCUT2D eigenvalue weighted by molar-refractivity contribution is 7.89. The molecule has 1 atom stereocenters. The molecule has 2 aliphatic heterocycles. The van der Waals surface area contributed by atoms with Gasteiger partial charge in [0.05, 0.1) is 10.5 Å². The second-order valence-electron chi connectivity index (χ2n) is 11.4. The number of likely N-dealkylation sites (tertiary alicyclic amines) is 1. The third kappa shape index (κ3) is 6.71. The van der Waals surface area contributed by atoms with Crippen LogP contribution in [0.4, 0.5) is 28.0 Å².